The highest BCUT2D eigenvalue weighted by Gasteiger charge is 2.38. The van der Waals surface area contributed by atoms with Gasteiger partial charge in [-0.1, -0.05) is 36.4 Å². The molecule has 0 aliphatic heterocycles. The summed E-state index contributed by atoms with van der Waals surface area (Å²) in [5, 5.41) is 18.2. The van der Waals surface area contributed by atoms with Crippen LogP contribution in [0.3, 0.4) is 0 Å². The molecule has 0 aromatic heterocycles. The lowest BCUT2D eigenvalue weighted by atomic mass is 9.86. The Kier molecular flexibility index (Phi) is 2.41. The van der Waals surface area contributed by atoms with Crippen LogP contribution >= 0.6 is 0 Å². The summed E-state index contributed by atoms with van der Waals surface area (Å²) in [6, 6.07) is 11.3. The Balaban J connectivity index is 2.39. The first-order valence-corrected chi connectivity index (χ1v) is 5.84. The van der Waals surface area contributed by atoms with Gasteiger partial charge in [-0.25, -0.2) is 0 Å². The third-order valence-corrected chi connectivity index (χ3v) is 3.44. The second-order valence-electron chi connectivity index (χ2n) is 4.37. The molecule has 3 heteroatoms. The molecule has 2 aliphatic rings. The van der Waals surface area contributed by atoms with Gasteiger partial charge in [-0.2, -0.15) is 10.5 Å². The van der Waals surface area contributed by atoms with Crippen molar-refractivity contribution >= 4 is 16.9 Å². The van der Waals surface area contributed by atoms with Crippen molar-refractivity contribution in [2.45, 2.75) is 0 Å². The molecule has 0 amide bonds. The molecular weight excluding hydrogens is 236 g/mol. The van der Waals surface area contributed by atoms with E-state index in [2.05, 4.69) is 0 Å². The zero-order valence-corrected chi connectivity index (χ0v) is 9.92. The van der Waals surface area contributed by atoms with Gasteiger partial charge in [0.2, 0.25) is 0 Å². The van der Waals surface area contributed by atoms with Crippen LogP contribution in [0, 0.1) is 28.6 Å². The van der Waals surface area contributed by atoms with Crippen LogP contribution in [0.2, 0.25) is 0 Å². The Labute approximate surface area is 110 Å². The smallest absolute Gasteiger partial charge is 0.167 e. The monoisotopic (exact) mass is 244 g/mol. The summed E-state index contributed by atoms with van der Waals surface area (Å²) in [4.78, 5) is 12.1. The van der Waals surface area contributed by atoms with Gasteiger partial charge in [0, 0.05) is 5.57 Å². The summed E-state index contributed by atoms with van der Waals surface area (Å²) >= 11 is 0. The van der Waals surface area contributed by atoms with Crippen molar-refractivity contribution in [3.63, 3.8) is 0 Å². The van der Waals surface area contributed by atoms with Gasteiger partial charge in [-0.15, -0.1) is 0 Å². The maximum absolute atomic E-state index is 12.1. The maximum Gasteiger partial charge on any atom is 0.167 e. The number of carbonyl (C=O) groups excluding carboxylic acids is 1. The largest absolute Gasteiger partial charge is 0.294 e. The van der Waals surface area contributed by atoms with Gasteiger partial charge in [0.15, 0.2) is 5.78 Å². The molecule has 1 unspecified atom stereocenters. The SMILES string of the molecule is N#CC(C#N)=C1c2ccccc2C2=CC=CC(=O)C21. The first-order valence-electron chi connectivity index (χ1n) is 5.84. The van der Waals surface area contributed by atoms with Crippen LogP contribution in [0.25, 0.3) is 11.1 Å². The lowest BCUT2D eigenvalue weighted by Gasteiger charge is -2.13. The van der Waals surface area contributed by atoms with Crippen molar-refractivity contribution in [1.29, 1.82) is 10.5 Å². The molecular formula is C16H8N2O. The molecule has 88 valence electrons. The predicted molar refractivity (Wildman–Crippen MR) is 70.2 cm³/mol. The Morgan fingerprint density at radius 2 is 1.79 bits per heavy atom. The summed E-state index contributed by atoms with van der Waals surface area (Å²) in [5.41, 5.74) is 3.18. The summed E-state index contributed by atoms with van der Waals surface area (Å²) in [5.74, 6) is -0.580. The van der Waals surface area contributed by atoms with Crippen LogP contribution in [-0.4, -0.2) is 5.78 Å². The Hall–Kier alpha value is -2.91. The molecule has 0 radical (unpaired) electrons. The van der Waals surface area contributed by atoms with Gasteiger partial charge in [0.05, 0.1) is 5.92 Å². The Morgan fingerprint density at radius 3 is 2.47 bits per heavy atom. The minimum Gasteiger partial charge on any atom is -0.294 e. The molecule has 1 aromatic carbocycles. The number of ketones is 1. The van der Waals surface area contributed by atoms with Crippen LogP contribution in [0.15, 0.2) is 48.1 Å². The van der Waals surface area contributed by atoms with Crippen molar-refractivity contribution < 1.29 is 4.79 Å². The number of rotatable bonds is 0. The highest BCUT2D eigenvalue weighted by atomic mass is 16.1. The molecule has 0 heterocycles. The third kappa shape index (κ3) is 1.46. The standard InChI is InChI=1S/C16H8N2O/c17-8-10(9-18)15-12-5-2-1-4-11(12)13-6-3-7-14(19)16(13)15/h1-7,16H. The number of hydrogen-bond acceptors (Lipinski definition) is 3. The molecule has 0 saturated carbocycles. The molecule has 0 fully saturated rings. The van der Waals surface area contributed by atoms with Crippen LogP contribution < -0.4 is 0 Å². The Bertz CT molecular complexity index is 751. The molecule has 3 nitrogen and oxygen atoms in total. The zero-order valence-electron chi connectivity index (χ0n) is 9.92. The molecule has 0 bridgehead atoms. The average Bonchev–Trinajstić information content (AvgIpc) is 2.77. The number of nitrogens with zero attached hydrogens (tertiary/aromatic N) is 2. The van der Waals surface area contributed by atoms with E-state index in [0.29, 0.717) is 5.57 Å². The van der Waals surface area contributed by atoms with E-state index >= 15 is 0 Å². The molecule has 3 rings (SSSR count). The van der Waals surface area contributed by atoms with Crippen LogP contribution in [-0.2, 0) is 4.79 Å². The quantitative estimate of drug-likeness (QED) is 0.659. The fraction of sp³-hybridized carbons (Fsp3) is 0.0625. The van der Waals surface area contributed by atoms with Crippen molar-refractivity contribution in [2.24, 2.45) is 5.92 Å². The number of allylic oxidation sites excluding steroid dienone is 6. The second kappa shape index (κ2) is 4.08. The fourth-order valence-electron chi connectivity index (χ4n) is 2.69. The van der Waals surface area contributed by atoms with E-state index in [1.54, 1.807) is 6.08 Å². The van der Waals surface area contributed by atoms with E-state index in [-0.39, 0.29) is 11.4 Å². The van der Waals surface area contributed by atoms with Gasteiger partial charge >= 0.3 is 0 Å². The number of benzene rings is 1. The maximum atomic E-state index is 12.1. The fourth-order valence-corrected chi connectivity index (χ4v) is 2.69. The van der Waals surface area contributed by atoms with Crippen LogP contribution in [0.1, 0.15) is 11.1 Å². The number of nitriles is 2. The van der Waals surface area contributed by atoms with Crippen molar-refractivity contribution in [2.75, 3.05) is 0 Å². The molecule has 0 N–H and O–H groups in total. The van der Waals surface area contributed by atoms with Gasteiger partial charge in [0.25, 0.3) is 0 Å². The highest BCUT2D eigenvalue weighted by Crippen LogP contribution is 2.48. The molecule has 1 aromatic rings. The lowest BCUT2D eigenvalue weighted by molar-refractivity contribution is -0.115. The summed E-state index contributed by atoms with van der Waals surface area (Å²) < 4.78 is 0. The van der Waals surface area contributed by atoms with Gasteiger partial charge in [-0.3, -0.25) is 4.79 Å². The minimum atomic E-state index is -0.503. The summed E-state index contributed by atoms with van der Waals surface area (Å²) in [7, 11) is 0. The average molecular weight is 244 g/mol. The lowest BCUT2D eigenvalue weighted by Crippen LogP contribution is -2.13. The van der Waals surface area contributed by atoms with Crippen molar-refractivity contribution in [3.8, 4) is 12.1 Å². The zero-order chi connectivity index (χ0) is 13.4. The second-order valence-corrected chi connectivity index (χ2v) is 4.37. The van der Waals surface area contributed by atoms with E-state index in [4.69, 9.17) is 10.5 Å². The number of fused-ring (bicyclic) bond motifs is 3. The predicted octanol–water partition coefficient (Wildman–Crippen LogP) is 2.64. The first kappa shape index (κ1) is 11.2. The minimum absolute atomic E-state index is 0.0181. The van der Waals surface area contributed by atoms with Crippen LogP contribution in [0.5, 0.6) is 0 Å². The van der Waals surface area contributed by atoms with E-state index < -0.39 is 5.92 Å². The van der Waals surface area contributed by atoms with E-state index in [1.807, 2.05) is 42.5 Å². The normalized spacial score (nSPS) is 19.1. The molecule has 2 aliphatic carbocycles. The topological polar surface area (TPSA) is 64.7 Å². The number of carbonyl (C=O) groups is 1. The molecule has 19 heavy (non-hydrogen) atoms. The summed E-state index contributed by atoms with van der Waals surface area (Å²) in [6.07, 6.45) is 5.09. The van der Waals surface area contributed by atoms with Crippen molar-refractivity contribution in [3.05, 3.63) is 59.2 Å². The molecule has 1 atom stereocenters. The van der Waals surface area contributed by atoms with E-state index in [1.165, 1.54) is 6.08 Å². The van der Waals surface area contributed by atoms with Crippen molar-refractivity contribution in [1.82, 2.24) is 0 Å². The first-order chi connectivity index (χ1) is 9.27. The van der Waals surface area contributed by atoms with Gasteiger partial charge < -0.3 is 0 Å². The third-order valence-electron chi connectivity index (χ3n) is 3.44. The van der Waals surface area contributed by atoms with E-state index in [9.17, 15) is 4.79 Å². The van der Waals surface area contributed by atoms with Gasteiger partial charge in [0.1, 0.15) is 17.7 Å². The van der Waals surface area contributed by atoms with E-state index in [0.717, 1.165) is 16.7 Å². The summed E-state index contributed by atoms with van der Waals surface area (Å²) in [6.45, 7) is 0. The van der Waals surface area contributed by atoms with Crippen LogP contribution in [0.4, 0.5) is 0 Å². The number of hydrogen-bond donors (Lipinski definition) is 0. The van der Waals surface area contributed by atoms with Gasteiger partial charge in [-0.05, 0) is 22.8 Å². The highest BCUT2D eigenvalue weighted by molar-refractivity contribution is 6.17. The molecule has 0 saturated heterocycles. The Morgan fingerprint density at radius 1 is 1.11 bits per heavy atom. The molecule has 0 spiro atoms.